The third-order valence-electron chi connectivity index (χ3n) is 8.90. The Hall–Kier alpha value is -4.40. The normalized spacial score (nSPS) is 11.3. The second kappa shape index (κ2) is 16.3. The third kappa shape index (κ3) is 7.77. The number of aryl methyl sites for hydroxylation is 5. The molecule has 0 saturated heterocycles. The van der Waals surface area contributed by atoms with Gasteiger partial charge in [0.2, 0.25) is 25.3 Å². The number of hydrogen-bond acceptors (Lipinski definition) is 4. The highest BCUT2D eigenvalue weighted by molar-refractivity contribution is 9.08. The fourth-order valence-electron chi connectivity index (χ4n) is 6.62. The molecule has 0 spiro atoms. The van der Waals surface area contributed by atoms with E-state index in [9.17, 15) is 18.7 Å². The minimum Gasteiger partial charge on any atom is -0.305 e. The SMILES string of the molecule is Cc1cc(C)c(C(=O)P(=O)(c2ccccc2)c2ccccc2)c(C)c1.Cc1cc(CBr)cc(C)c1C(=O)P(=O)(c1ccccc1)c1ccccc1. The number of alkyl halides is 1. The van der Waals surface area contributed by atoms with Crippen molar-refractivity contribution in [3.63, 3.8) is 0 Å². The van der Waals surface area contributed by atoms with Gasteiger partial charge in [0.1, 0.15) is 0 Å². The summed E-state index contributed by atoms with van der Waals surface area (Å²) in [7, 11) is -6.91. The number of rotatable bonds is 9. The lowest BCUT2D eigenvalue weighted by molar-refractivity contribution is 0.106. The van der Waals surface area contributed by atoms with Crippen LogP contribution in [-0.2, 0) is 14.5 Å². The maximum Gasteiger partial charge on any atom is 0.230 e. The fraction of sp³-hybridized carbons (Fsp3) is 0.136. The Bertz CT molecular complexity index is 2140. The molecule has 7 heteroatoms. The van der Waals surface area contributed by atoms with Gasteiger partial charge in [0, 0.05) is 37.7 Å². The van der Waals surface area contributed by atoms with Crippen LogP contribution in [0.1, 0.15) is 54.1 Å². The van der Waals surface area contributed by atoms with Crippen LogP contribution in [0.3, 0.4) is 0 Å². The molecule has 6 rings (SSSR count). The summed E-state index contributed by atoms with van der Waals surface area (Å²) in [6, 6.07) is 44.2. The van der Waals surface area contributed by atoms with E-state index in [0.29, 0.717) is 32.3 Å². The Balaban J connectivity index is 0.000000198. The average Bonchev–Trinajstić information content (AvgIpc) is 3.15. The van der Waals surface area contributed by atoms with Crippen LogP contribution >= 0.6 is 30.2 Å². The van der Waals surface area contributed by atoms with Gasteiger partial charge in [-0.25, -0.2) is 0 Å². The van der Waals surface area contributed by atoms with Gasteiger partial charge < -0.3 is 9.13 Å². The second-order valence-corrected chi connectivity index (χ2v) is 18.6. The molecule has 0 fully saturated rings. The summed E-state index contributed by atoms with van der Waals surface area (Å²) in [6.45, 7) is 9.64. The van der Waals surface area contributed by atoms with Crippen molar-refractivity contribution in [2.45, 2.75) is 39.9 Å². The van der Waals surface area contributed by atoms with Gasteiger partial charge in [-0.15, -0.1) is 0 Å². The van der Waals surface area contributed by atoms with Gasteiger partial charge in [-0.2, -0.15) is 0 Å². The van der Waals surface area contributed by atoms with Crippen molar-refractivity contribution in [2.75, 3.05) is 0 Å². The van der Waals surface area contributed by atoms with Crippen molar-refractivity contribution in [3.8, 4) is 0 Å². The quantitative estimate of drug-likeness (QED) is 0.108. The lowest BCUT2D eigenvalue weighted by Crippen LogP contribution is -2.23. The number of carbonyl (C=O) groups excluding carboxylic acids is 2. The van der Waals surface area contributed by atoms with E-state index in [1.165, 1.54) is 0 Å². The highest BCUT2D eigenvalue weighted by Crippen LogP contribution is 2.49. The molecule has 0 aromatic heterocycles. The third-order valence-corrected chi connectivity index (χ3v) is 15.2. The van der Waals surface area contributed by atoms with Crippen LogP contribution < -0.4 is 21.2 Å². The van der Waals surface area contributed by atoms with E-state index < -0.39 is 14.3 Å². The monoisotopic (exact) mass is 774 g/mol. The van der Waals surface area contributed by atoms with Gasteiger partial charge in [-0.05, 0) is 62.4 Å². The smallest absolute Gasteiger partial charge is 0.230 e. The zero-order valence-electron chi connectivity index (χ0n) is 29.5. The van der Waals surface area contributed by atoms with E-state index in [-0.39, 0.29) is 11.0 Å². The van der Waals surface area contributed by atoms with Crippen LogP contribution in [-0.4, -0.2) is 11.0 Å². The molecule has 6 aromatic rings. The molecule has 0 aliphatic heterocycles. The molecule has 0 heterocycles. The Morgan fingerprint density at radius 1 is 0.451 bits per heavy atom. The second-order valence-electron chi connectivity index (χ2n) is 12.7. The van der Waals surface area contributed by atoms with E-state index in [0.717, 1.165) is 38.7 Å². The Kier molecular flexibility index (Phi) is 12.1. The molecule has 0 aliphatic carbocycles. The Labute approximate surface area is 309 Å². The summed E-state index contributed by atoms with van der Waals surface area (Å²) in [5.74, 6) is 0. The van der Waals surface area contributed by atoms with Gasteiger partial charge >= 0.3 is 0 Å². The van der Waals surface area contributed by atoms with Gasteiger partial charge in [0.25, 0.3) is 0 Å². The summed E-state index contributed by atoms with van der Waals surface area (Å²) in [5.41, 5.74) is 6.20. The molecule has 0 N–H and O–H groups in total. The summed E-state index contributed by atoms with van der Waals surface area (Å²) >= 11 is 3.46. The Morgan fingerprint density at radius 3 is 0.961 bits per heavy atom. The van der Waals surface area contributed by atoms with Crippen LogP contribution in [0.5, 0.6) is 0 Å². The van der Waals surface area contributed by atoms with Crippen molar-refractivity contribution in [2.24, 2.45) is 0 Å². The fourth-order valence-corrected chi connectivity index (χ4v) is 12.2. The maximum absolute atomic E-state index is 14.2. The van der Waals surface area contributed by atoms with Crippen molar-refractivity contribution < 1.29 is 18.7 Å². The van der Waals surface area contributed by atoms with Crippen LogP contribution in [0.25, 0.3) is 0 Å². The summed E-state index contributed by atoms with van der Waals surface area (Å²) < 4.78 is 28.4. The van der Waals surface area contributed by atoms with Gasteiger partial charge in [-0.1, -0.05) is 167 Å². The number of halogens is 1. The molecular formula is C44H41BrO4P2. The van der Waals surface area contributed by atoms with Gasteiger partial charge in [-0.3, -0.25) is 9.59 Å². The average molecular weight is 776 g/mol. The molecule has 4 nitrogen and oxygen atoms in total. The molecule has 51 heavy (non-hydrogen) atoms. The van der Waals surface area contributed by atoms with Crippen molar-refractivity contribution >= 4 is 62.5 Å². The van der Waals surface area contributed by atoms with Crippen molar-refractivity contribution in [3.05, 3.63) is 190 Å². The van der Waals surface area contributed by atoms with E-state index in [2.05, 4.69) is 15.9 Å². The van der Waals surface area contributed by atoms with Crippen molar-refractivity contribution in [1.82, 2.24) is 0 Å². The highest BCUT2D eigenvalue weighted by Gasteiger charge is 2.39. The van der Waals surface area contributed by atoms with E-state index in [4.69, 9.17) is 0 Å². The van der Waals surface area contributed by atoms with Gasteiger partial charge in [0.15, 0.2) is 0 Å². The zero-order chi connectivity index (χ0) is 36.8. The maximum atomic E-state index is 14.2. The minimum absolute atomic E-state index is 0.292. The molecule has 0 aliphatic rings. The first-order chi connectivity index (χ1) is 24.4. The number of carbonyl (C=O) groups is 2. The molecule has 0 unspecified atom stereocenters. The van der Waals surface area contributed by atoms with Crippen LogP contribution in [0, 0.1) is 34.6 Å². The summed E-state index contributed by atoms with van der Waals surface area (Å²) in [5, 5.41) is 3.01. The molecule has 0 bridgehead atoms. The first-order valence-electron chi connectivity index (χ1n) is 16.7. The van der Waals surface area contributed by atoms with Crippen LogP contribution in [0.4, 0.5) is 0 Å². The standard InChI is InChI=1S/C22H20BrO2P.C22H21O2P/c1-16-13-18(15-23)14-17(2)21(16)22(24)26(25,19-9-5-3-6-10-19)20-11-7-4-8-12-20;1-16-14-17(2)21(18(3)15-16)22(23)25(24,19-10-6-4-7-11-19)20-12-8-5-9-13-20/h3-14H,15H2,1-2H3;4-15H,1-3H3. The van der Waals surface area contributed by atoms with E-state index in [1.54, 1.807) is 48.5 Å². The largest absolute Gasteiger partial charge is 0.305 e. The van der Waals surface area contributed by atoms with Gasteiger partial charge in [0.05, 0.1) is 0 Å². The molecule has 0 atom stereocenters. The molecule has 6 aromatic carbocycles. The number of benzene rings is 6. The molecule has 0 saturated carbocycles. The highest BCUT2D eigenvalue weighted by atomic mass is 79.9. The molecule has 0 radical (unpaired) electrons. The Morgan fingerprint density at radius 2 is 0.706 bits per heavy atom. The predicted molar refractivity (Wildman–Crippen MR) is 217 cm³/mol. The lowest BCUT2D eigenvalue weighted by atomic mass is 10.0. The zero-order valence-corrected chi connectivity index (χ0v) is 32.8. The van der Waals surface area contributed by atoms with E-state index in [1.807, 2.05) is 132 Å². The van der Waals surface area contributed by atoms with Crippen LogP contribution in [0.15, 0.2) is 146 Å². The van der Waals surface area contributed by atoms with Crippen LogP contribution in [0.2, 0.25) is 0 Å². The molecule has 258 valence electrons. The first-order valence-corrected chi connectivity index (χ1v) is 21.2. The van der Waals surface area contributed by atoms with Crippen molar-refractivity contribution in [1.29, 1.82) is 0 Å². The lowest BCUT2D eigenvalue weighted by Gasteiger charge is -2.20. The summed E-state index contributed by atoms with van der Waals surface area (Å²) in [4.78, 5) is 27.2. The summed E-state index contributed by atoms with van der Waals surface area (Å²) in [6.07, 6.45) is 0. The van der Waals surface area contributed by atoms with E-state index >= 15 is 0 Å². The number of hydrogen-bond donors (Lipinski definition) is 0. The topological polar surface area (TPSA) is 68.3 Å². The molecular weight excluding hydrogens is 734 g/mol. The molecule has 0 amide bonds. The first kappa shape index (κ1) is 37.8. The minimum atomic E-state index is -3.47. The predicted octanol–water partition coefficient (Wildman–Crippen LogP) is 10.1.